The first kappa shape index (κ1) is 13.5. The van der Waals surface area contributed by atoms with Crippen LogP contribution in [0.5, 0.6) is 0 Å². The molecule has 5 heteroatoms. The minimum absolute atomic E-state index is 0.0516. The van der Waals surface area contributed by atoms with Crippen molar-refractivity contribution < 1.29 is 9.53 Å². The number of piperidine rings is 1. The van der Waals surface area contributed by atoms with Crippen molar-refractivity contribution in [2.24, 2.45) is 5.92 Å². The van der Waals surface area contributed by atoms with E-state index in [2.05, 4.69) is 20.9 Å². The van der Waals surface area contributed by atoms with Gasteiger partial charge in [0.15, 0.2) is 0 Å². The van der Waals surface area contributed by atoms with Crippen molar-refractivity contribution in [3.8, 4) is 0 Å². The molecule has 1 atom stereocenters. The van der Waals surface area contributed by atoms with Gasteiger partial charge >= 0.3 is 0 Å². The van der Waals surface area contributed by atoms with Crippen LogP contribution in [0, 0.1) is 5.92 Å². The lowest BCUT2D eigenvalue weighted by Crippen LogP contribution is -2.41. The molecule has 98 valence electrons. The molecule has 1 saturated heterocycles. The van der Waals surface area contributed by atoms with Crippen LogP contribution < -0.4 is 0 Å². The fourth-order valence-electron chi connectivity index (χ4n) is 2.34. The first-order chi connectivity index (χ1) is 8.72. The van der Waals surface area contributed by atoms with Crippen LogP contribution in [0.3, 0.4) is 0 Å². The number of likely N-dealkylation sites (tertiary alicyclic amines) is 1. The Morgan fingerprint density at radius 1 is 1.67 bits per heavy atom. The molecule has 0 radical (unpaired) electrons. The smallest absolute Gasteiger partial charge is 0.256 e. The lowest BCUT2D eigenvalue weighted by molar-refractivity contribution is 0.0569. The van der Waals surface area contributed by atoms with Gasteiger partial charge in [-0.3, -0.25) is 4.79 Å². The Bertz CT molecular complexity index is 423. The number of amides is 1. The summed E-state index contributed by atoms with van der Waals surface area (Å²) in [5.74, 6) is 0.499. The van der Waals surface area contributed by atoms with Crippen LogP contribution in [0.2, 0.25) is 0 Å². The molecule has 0 aliphatic carbocycles. The van der Waals surface area contributed by atoms with Crippen molar-refractivity contribution in [2.75, 3.05) is 26.8 Å². The summed E-state index contributed by atoms with van der Waals surface area (Å²) in [4.78, 5) is 18.4. The summed E-state index contributed by atoms with van der Waals surface area (Å²) in [7, 11) is 1.71. The number of nitrogens with zero attached hydrogens (tertiary/aromatic N) is 2. The Hall–Kier alpha value is -0.940. The molecular weight excluding hydrogens is 296 g/mol. The molecule has 1 unspecified atom stereocenters. The highest BCUT2D eigenvalue weighted by Gasteiger charge is 2.25. The number of pyridine rings is 1. The summed E-state index contributed by atoms with van der Waals surface area (Å²) in [6.45, 7) is 2.31. The van der Waals surface area contributed by atoms with E-state index >= 15 is 0 Å². The molecule has 4 nitrogen and oxygen atoms in total. The van der Waals surface area contributed by atoms with Crippen LogP contribution in [0.25, 0.3) is 0 Å². The quantitative estimate of drug-likeness (QED) is 0.805. The largest absolute Gasteiger partial charge is 0.384 e. The number of carbonyl (C=O) groups excluding carboxylic acids is 1. The molecule has 1 aromatic heterocycles. The Morgan fingerprint density at radius 2 is 2.50 bits per heavy atom. The highest BCUT2D eigenvalue weighted by molar-refractivity contribution is 9.10. The molecule has 0 bridgehead atoms. The Morgan fingerprint density at radius 3 is 3.22 bits per heavy atom. The Kier molecular flexibility index (Phi) is 4.72. The third kappa shape index (κ3) is 3.09. The van der Waals surface area contributed by atoms with Crippen LogP contribution in [0.1, 0.15) is 23.2 Å². The third-order valence-corrected chi connectivity index (χ3v) is 3.83. The summed E-state index contributed by atoms with van der Waals surface area (Å²) in [6, 6.07) is 3.59. The molecule has 18 heavy (non-hydrogen) atoms. The van der Waals surface area contributed by atoms with E-state index in [9.17, 15) is 4.79 Å². The van der Waals surface area contributed by atoms with Gasteiger partial charge in [0.05, 0.1) is 12.2 Å². The van der Waals surface area contributed by atoms with E-state index in [1.807, 2.05) is 4.90 Å². The molecule has 2 heterocycles. The number of hydrogen-bond acceptors (Lipinski definition) is 3. The molecule has 0 aromatic carbocycles. The number of hydrogen-bond donors (Lipinski definition) is 0. The molecular formula is C13H17BrN2O2. The lowest BCUT2D eigenvalue weighted by atomic mass is 9.98. The predicted octanol–water partition coefficient (Wildman–Crippen LogP) is 2.34. The molecule has 0 spiro atoms. The van der Waals surface area contributed by atoms with Gasteiger partial charge in [-0.05, 0) is 46.8 Å². The van der Waals surface area contributed by atoms with E-state index in [1.54, 1.807) is 25.4 Å². The molecule has 1 aliphatic rings. The third-order valence-electron chi connectivity index (χ3n) is 3.20. The highest BCUT2D eigenvalue weighted by atomic mass is 79.9. The van der Waals surface area contributed by atoms with Gasteiger partial charge in [0.1, 0.15) is 4.60 Å². The number of aromatic nitrogens is 1. The SMILES string of the molecule is COCC1CCCN(C(=O)c2cccnc2Br)C1. The van der Waals surface area contributed by atoms with Crippen LogP contribution in [-0.4, -0.2) is 42.6 Å². The molecule has 1 amide bonds. The zero-order valence-corrected chi connectivity index (χ0v) is 12.0. The summed E-state index contributed by atoms with van der Waals surface area (Å²) >= 11 is 3.33. The maximum Gasteiger partial charge on any atom is 0.256 e. The van der Waals surface area contributed by atoms with Gasteiger partial charge in [0.2, 0.25) is 0 Å². The number of carbonyl (C=O) groups is 1. The monoisotopic (exact) mass is 312 g/mol. The Balaban J connectivity index is 2.07. The van der Waals surface area contributed by atoms with E-state index in [1.165, 1.54) is 0 Å². The Labute approximate surface area is 115 Å². The summed E-state index contributed by atoms with van der Waals surface area (Å²) in [6.07, 6.45) is 3.84. The van der Waals surface area contributed by atoms with Crippen molar-refractivity contribution in [2.45, 2.75) is 12.8 Å². The van der Waals surface area contributed by atoms with Gasteiger partial charge in [-0.15, -0.1) is 0 Å². The number of ether oxygens (including phenoxy) is 1. The van der Waals surface area contributed by atoms with Crippen molar-refractivity contribution in [3.63, 3.8) is 0 Å². The summed E-state index contributed by atoms with van der Waals surface area (Å²) < 4.78 is 5.79. The normalized spacial score (nSPS) is 19.9. The minimum atomic E-state index is 0.0516. The highest BCUT2D eigenvalue weighted by Crippen LogP contribution is 2.21. The van der Waals surface area contributed by atoms with E-state index < -0.39 is 0 Å². The molecule has 1 fully saturated rings. The maximum absolute atomic E-state index is 12.4. The fraction of sp³-hybridized carbons (Fsp3) is 0.538. The standard InChI is InChI=1S/C13H17BrN2O2/c1-18-9-10-4-3-7-16(8-10)13(17)11-5-2-6-15-12(11)14/h2,5-6,10H,3-4,7-9H2,1H3. The van der Waals surface area contributed by atoms with Gasteiger partial charge in [-0.25, -0.2) is 4.98 Å². The average molecular weight is 313 g/mol. The second-order valence-electron chi connectivity index (χ2n) is 4.56. The van der Waals surface area contributed by atoms with E-state index in [4.69, 9.17) is 4.74 Å². The van der Waals surface area contributed by atoms with Crippen molar-refractivity contribution in [1.29, 1.82) is 0 Å². The van der Waals surface area contributed by atoms with Gasteiger partial charge in [0.25, 0.3) is 5.91 Å². The maximum atomic E-state index is 12.4. The van der Waals surface area contributed by atoms with Gasteiger partial charge in [-0.2, -0.15) is 0 Å². The molecule has 1 aliphatic heterocycles. The second-order valence-corrected chi connectivity index (χ2v) is 5.31. The first-order valence-electron chi connectivity index (χ1n) is 6.11. The van der Waals surface area contributed by atoms with Gasteiger partial charge < -0.3 is 9.64 Å². The van der Waals surface area contributed by atoms with Crippen LogP contribution in [-0.2, 0) is 4.74 Å². The van der Waals surface area contributed by atoms with E-state index in [-0.39, 0.29) is 5.91 Å². The van der Waals surface area contributed by atoms with E-state index in [0.29, 0.717) is 16.1 Å². The van der Waals surface area contributed by atoms with Crippen LogP contribution in [0.4, 0.5) is 0 Å². The average Bonchev–Trinajstić information content (AvgIpc) is 2.39. The zero-order valence-electron chi connectivity index (χ0n) is 10.4. The summed E-state index contributed by atoms with van der Waals surface area (Å²) in [5.41, 5.74) is 0.635. The van der Waals surface area contributed by atoms with Crippen molar-refractivity contribution >= 4 is 21.8 Å². The van der Waals surface area contributed by atoms with E-state index in [0.717, 1.165) is 32.5 Å². The zero-order chi connectivity index (χ0) is 13.0. The molecule has 0 saturated carbocycles. The predicted molar refractivity (Wildman–Crippen MR) is 72.4 cm³/mol. The van der Waals surface area contributed by atoms with Crippen LogP contribution >= 0.6 is 15.9 Å². The van der Waals surface area contributed by atoms with Gasteiger partial charge in [-0.1, -0.05) is 0 Å². The fourth-order valence-corrected chi connectivity index (χ4v) is 2.76. The molecule has 1 aromatic rings. The first-order valence-corrected chi connectivity index (χ1v) is 6.90. The summed E-state index contributed by atoms with van der Waals surface area (Å²) in [5, 5.41) is 0. The van der Waals surface area contributed by atoms with Gasteiger partial charge in [0, 0.05) is 26.4 Å². The number of halogens is 1. The number of rotatable bonds is 3. The minimum Gasteiger partial charge on any atom is -0.384 e. The number of methoxy groups -OCH3 is 1. The topological polar surface area (TPSA) is 42.4 Å². The van der Waals surface area contributed by atoms with Crippen molar-refractivity contribution in [3.05, 3.63) is 28.5 Å². The van der Waals surface area contributed by atoms with Crippen LogP contribution in [0.15, 0.2) is 22.9 Å². The molecule has 2 rings (SSSR count). The molecule has 0 N–H and O–H groups in total. The second kappa shape index (κ2) is 6.29. The lowest BCUT2D eigenvalue weighted by Gasteiger charge is -2.32. The van der Waals surface area contributed by atoms with Crippen molar-refractivity contribution in [1.82, 2.24) is 9.88 Å².